The summed E-state index contributed by atoms with van der Waals surface area (Å²) in [5.74, 6) is -0.471. The van der Waals surface area contributed by atoms with Gasteiger partial charge in [-0.15, -0.1) is 0 Å². The SMILES string of the molecule is CCOC(=O)C=Nc1ccc(N(C)C)cc1[CH]=[Ru]([Cl])[Cl].Cc1cc(C)c(N2[CH-]N(c3c(C)cc(C)cc3C)CC2)c(C)c1. The first-order valence-electron chi connectivity index (χ1n) is 14.2. The molecular formula is C34H43Cl2N4O2Ru-. The van der Waals surface area contributed by atoms with Gasteiger partial charge in [0.25, 0.3) is 0 Å². The van der Waals surface area contributed by atoms with Crippen LogP contribution in [0.1, 0.15) is 45.9 Å². The van der Waals surface area contributed by atoms with E-state index in [0.29, 0.717) is 12.3 Å². The topological polar surface area (TPSA) is 48.4 Å². The molecule has 0 atom stereocenters. The van der Waals surface area contributed by atoms with Gasteiger partial charge >= 0.3 is 132 Å². The normalized spacial score (nSPS) is 13.1. The molecule has 43 heavy (non-hydrogen) atoms. The van der Waals surface area contributed by atoms with Crippen LogP contribution in [0, 0.1) is 48.2 Å². The van der Waals surface area contributed by atoms with Crippen LogP contribution in [-0.2, 0) is 23.0 Å². The standard InChI is InChI=1S/C21H27N2.C13H16N2O2.2ClH.Ru/c1-14-9-16(3)20(17(4)10-14)22-7-8-23(13-22)21-18(5)11-15(2)12-19(21)6;1-5-17-13(16)9-14-12-7-6-11(15(3)4)8-10(12)2;;;/h9-13H,7-8H2,1-6H3;2,6-9H,5H2,1,3-4H3;2*1H;/q-1;;;;+2/p-2. The molecule has 1 aliphatic heterocycles. The summed E-state index contributed by atoms with van der Waals surface area (Å²) in [5, 5.41) is 0. The molecule has 0 unspecified atom stereocenters. The van der Waals surface area contributed by atoms with Crippen molar-refractivity contribution in [2.75, 3.05) is 48.5 Å². The molecule has 4 rings (SSSR count). The number of anilines is 3. The van der Waals surface area contributed by atoms with Crippen molar-refractivity contribution in [1.82, 2.24) is 0 Å². The van der Waals surface area contributed by atoms with Gasteiger partial charge in [-0.1, -0.05) is 35.4 Å². The van der Waals surface area contributed by atoms with E-state index in [1.54, 1.807) is 11.5 Å². The second kappa shape index (κ2) is 15.8. The zero-order valence-corrected chi connectivity index (χ0v) is 29.9. The van der Waals surface area contributed by atoms with Crippen LogP contribution in [0.3, 0.4) is 0 Å². The maximum atomic E-state index is 11.3. The Morgan fingerprint density at radius 2 is 1.40 bits per heavy atom. The van der Waals surface area contributed by atoms with Gasteiger partial charge in [0.2, 0.25) is 0 Å². The smallest absolute Gasteiger partial charge is 0.0146 e. The summed E-state index contributed by atoms with van der Waals surface area (Å²) in [6.07, 6.45) is 1.16. The maximum absolute atomic E-state index is 11.3. The number of nitrogens with zero attached hydrogens (tertiary/aromatic N) is 4. The minimum absolute atomic E-state index is 0.321. The van der Waals surface area contributed by atoms with Crippen molar-refractivity contribution in [1.29, 1.82) is 0 Å². The van der Waals surface area contributed by atoms with Crippen molar-refractivity contribution in [3.05, 3.63) is 88.1 Å². The third-order valence-corrected chi connectivity index (χ3v) is 8.85. The van der Waals surface area contributed by atoms with Crippen LogP contribution in [0.5, 0.6) is 0 Å². The fourth-order valence-electron chi connectivity index (χ4n) is 5.49. The number of esters is 1. The molecule has 0 aliphatic carbocycles. The number of hydrogen-bond donors (Lipinski definition) is 0. The van der Waals surface area contributed by atoms with E-state index in [1.807, 2.05) is 37.2 Å². The summed E-state index contributed by atoms with van der Waals surface area (Å²) >= 11 is -1.97. The predicted molar refractivity (Wildman–Crippen MR) is 183 cm³/mol. The molecule has 3 aromatic rings. The number of carbonyl (C=O) groups excluding carboxylic acids is 1. The molecular weight excluding hydrogens is 668 g/mol. The Morgan fingerprint density at radius 1 is 0.907 bits per heavy atom. The van der Waals surface area contributed by atoms with E-state index in [-0.39, 0.29) is 0 Å². The Morgan fingerprint density at radius 3 is 1.81 bits per heavy atom. The van der Waals surface area contributed by atoms with Gasteiger partial charge in [0.1, 0.15) is 0 Å². The molecule has 1 fully saturated rings. The van der Waals surface area contributed by atoms with Gasteiger partial charge in [0.05, 0.1) is 0 Å². The number of ether oxygens (including phenoxy) is 1. The number of benzene rings is 3. The molecule has 0 radical (unpaired) electrons. The molecule has 0 amide bonds. The Hall–Kier alpha value is -2.73. The van der Waals surface area contributed by atoms with Crippen LogP contribution in [0.25, 0.3) is 0 Å². The second-order valence-electron chi connectivity index (χ2n) is 11.0. The third kappa shape index (κ3) is 9.63. The van der Waals surface area contributed by atoms with E-state index in [1.165, 1.54) is 44.8 Å². The summed E-state index contributed by atoms with van der Waals surface area (Å²) in [5.41, 5.74) is 13.3. The van der Waals surface area contributed by atoms with Crippen molar-refractivity contribution in [2.45, 2.75) is 48.5 Å². The maximum Gasteiger partial charge on any atom is 0.0146 e. The molecule has 0 bridgehead atoms. The van der Waals surface area contributed by atoms with Crippen LogP contribution < -0.4 is 14.7 Å². The Kier molecular flexibility index (Phi) is 12.8. The quantitative estimate of drug-likeness (QED) is 0.107. The zero-order chi connectivity index (χ0) is 31.8. The van der Waals surface area contributed by atoms with Crippen LogP contribution in [0.2, 0.25) is 0 Å². The minimum atomic E-state index is -1.97. The molecule has 1 aliphatic rings. The largest absolute Gasteiger partial charge is 0.502 e. The monoisotopic (exact) mass is 711 g/mol. The van der Waals surface area contributed by atoms with Gasteiger partial charge in [0.15, 0.2) is 0 Å². The number of halogens is 2. The van der Waals surface area contributed by atoms with Gasteiger partial charge in [-0.05, 0) is 63.8 Å². The van der Waals surface area contributed by atoms with Crippen molar-refractivity contribution < 1.29 is 23.0 Å². The molecule has 0 saturated carbocycles. The molecule has 6 nitrogen and oxygen atoms in total. The van der Waals surface area contributed by atoms with Crippen molar-refractivity contribution in [3.63, 3.8) is 0 Å². The van der Waals surface area contributed by atoms with Gasteiger partial charge in [0, 0.05) is 24.5 Å². The Bertz CT molecular complexity index is 1410. The number of aliphatic imine (C=N–C) groups is 1. The molecule has 234 valence electrons. The number of hydrogen-bond acceptors (Lipinski definition) is 6. The van der Waals surface area contributed by atoms with E-state index >= 15 is 0 Å². The summed E-state index contributed by atoms with van der Waals surface area (Å²) in [6.45, 7) is 19.6. The van der Waals surface area contributed by atoms with Crippen molar-refractivity contribution in [3.8, 4) is 0 Å². The molecule has 9 heteroatoms. The fraction of sp³-hybridized carbons (Fsp3) is 0.353. The van der Waals surface area contributed by atoms with Crippen LogP contribution in [0.15, 0.2) is 47.5 Å². The molecule has 1 saturated heterocycles. The number of aryl methyl sites for hydroxylation is 6. The predicted octanol–water partition coefficient (Wildman–Crippen LogP) is 8.08. The summed E-state index contributed by atoms with van der Waals surface area (Å²) in [7, 11) is 15.7. The molecule has 1 heterocycles. The van der Waals surface area contributed by atoms with E-state index in [4.69, 9.17) is 24.1 Å². The fourth-order valence-corrected chi connectivity index (χ4v) is 7.29. The van der Waals surface area contributed by atoms with E-state index in [0.717, 1.165) is 30.6 Å². The number of carbonyl (C=O) groups is 1. The van der Waals surface area contributed by atoms with Crippen LogP contribution in [-0.4, -0.2) is 50.6 Å². The van der Waals surface area contributed by atoms with Crippen LogP contribution in [0.4, 0.5) is 22.7 Å². The van der Waals surface area contributed by atoms with Gasteiger partial charge in [-0.2, -0.15) is 6.67 Å². The van der Waals surface area contributed by atoms with Gasteiger partial charge in [-0.3, -0.25) is 0 Å². The molecule has 0 spiro atoms. The average molecular weight is 712 g/mol. The zero-order valence-electron chi connectivity index (χ0n) is 26.6. The van der Waals surface area contributed by atoms with E-state index in [9.17, 15) is 4.79 Å². The summed E-state index contributed by atoms with van der Waals surface area (Å²) in [6, 6.07) is 14.8. The first kappa shape index (κ1) is 34.8. The van der Waals surface area contributed by atoms with Crippen molar-refractivity contribution >= 4 is 58.9 Å². The van der Waals surface area contributed by atoms with E-state index < -0.39 is 19.5 Å². The molecule has 0 N–H and O–H groups in total. The Labute approximate surface area is 270 Å². The molecule has 0 aromatic heterocycles. The Balaban J connectivity index is 0.000000238. The third-order valence-electron chi connectivity index (χ3n) is 7.02. The van der Waals surface area contributed by atoms with Gasteiger partial charge in [-0.25, -0.2) is 0 Å². The summed E-state index contributed by atoms with van der Waals surface area (Å²) in [4.78, 5) is 22.2. The average Bonchev–Trinajstić information content (AvgIpc) is 3.35. The summed E-state index contributed by atoms with van der Waals surface area (Å²) < 4.78 is 6.60. The van der Waals surface area contributed by atoms with Crippen LogP contribution >= 0.6 is 19.4 Å². The second-order valence-corrected chi connectivity index (χ2v) is 16.7. The minimum Gasteiger partial charge on any atom is -0.502 e. The van der Waals surface area contributed by atoms with E-state index in [2.05, 4.69) is 87.3 Å². The number of rotatable bonds is 7. The first-order chi connectivity index (χ1) is 20.3. The van der Waals surface area contributed by atoms with Gasteiger partial charge < -0.3 is 9.80 Å². The first-order valence-corrected chi connectivity index (χ1v) is 19.7. The molecule has 3 aromatic carbocycles. The van der Waals surface area contributed by atoms with Crippen molar-refractivity contribution in [2.24, 2.45) is 4.99 Å².